The number of aromatic nitrogens is 1. The molecule has 2 heterocycles. The van der Waals surface area contributed by atoms with Crippen molar-refractivity contribution in [3.05, 3.63) is 55.3 Å². The predicted molar refractivity (Wildman–Crippen MR) is 64.2 cm³/mol. The third-order valence-electron chi connectivity index (χ3n) is 2.61. The summed E-state index contributed by atoms with van der Waals surface area (Å²) in [4.78, 5) is 16.9. The molecule has 0 spiro atoms. The molecule has 0 saturated carbocycles. The van der Waals surface area contributed by atoms with E-state index in [0.29, 0.717) is 23.2 Å². The molecule has 2 aromatic rings. The largest absolute Gasteiger partial charge is 0.282 e. The third-order valence-corrected chi connectivity index (χ3v) is 3.65. The van der Waals surface area contributed by atoms with Gasteiger partial charge in [-0.05, 0) is 23.8 Å². The van der Waals surface area contributed by atoms with Crippen LogP contribution in [0.4, 0.5) is 4.39 Å². The number of halogens is 1. The van der Waals surface area contributed by atoms with E-state index in [0.717, 1.165) is 4.80 Å². The number of hydrogen-bond donors (Lipinski definition) is 0. The molecule has 1 aromatic carbocycles. The van der Waals surface area contributed by atoms with Gasteiger partial charge in [-0.1, -0.05) is 23.5 Å². The van der Waals surface area contributed by atoms with Crippen molar-refractivity contribution in [3.63, 3.8) is 0 Å². The van der Waals surface area contributed by atoms with Crippen LogP contribution in [0.1, 0.15) is 5.56 Å². The van der Waals surface area contributed by atoms with Gasteiger partial charge in [0.1, 0.15) is 5.82 Å². The Morgan fingerprint density at radius 1 is 1.47 bits per heavy atom. The van der Waals surface area contributed by atoms with Gasteiger partial charge in [0.15, 0.2) is 4.80 Å². The first-order chi connectivity index (χ1) is 8.24. The molecule has 0 saturated heterocycles. The third kappa shape index (κ3) is 1.82. The number of fused-ring (bicyclic) bond motifs is 1. The fourth-order valence-corrected chi connectivity index (χ4v) is 2.85. The van der Waals surface area contributed by atoms with E-state index < -0.39 is 0 Å². The Kier molecular flexibility index (Phi) is 2.40. The zero-order chi connectivity index (χ0) is 11.8. The zero-order valence-corrected chi connectivity index (χ0v) is 9.71. The van der Waals surface area contributed by atoms with Crippen LogP contribution in [-0.2, 0) is 6.54 Å². The summed E-state index contributed by atoms with van der Waals surface area (Å²) in [6.45, 7) is 1.34. The Hall–Kier alpha value is -1.75. The molecule has 5 heteroatoms. The molecule has 3 rings (SSSR count). The summed E-state index contributed by atoms with van der Waals surface area (Å²) < 4.78 is 15.3. The van der Waals surface area contributed by atoms with E-state index in [1.54, 1.807) is 22.8 Å². The first-order valence-corrected chi connectivity index (χ1v) is 6.07. The molecule has 1 aliphatic heterocycles. The molecule has 0 bridgehead atoms. The monoisotopic (exact) mass is 248 g/mol. The molecule has 3 nitrogen and oxygen atoms in total. The molecule has 0 amide bonds. The number of hydrogen-bond acceptors (Lipinski definition) is 3. The number of thiazole rings is 1. The number of benzene rings is 1. The topological polar surface area (TPSA) is 34.4 Å². The molecule has 0 unspecified atom stereocenters. The molecule has 86 valence electrons. The summed E-state index contributed by atoms with van der Waals surface area (Å²) in [6, 6.07) is 6.19. The quantitative estimate of drug-likeness (QED) is 0.724. The summed E-state index contributed by atoms with van der Waals surface area (Å²) in [5, 5.41) is 0. The van der Waals surface area contributed by atoms with Gasteiger partial charge < -0.3 is 0 Å². The highest BCUT2D eigenvalue weighted by molar-refractivity contribution is 7.07. The van der Waals surface area contributed by atoms with Gasteiger partial charge >= 0.3 is 0 Å². The summed E-state index contributed by atoms with van der Waals surface area (Å²) in [5.74, 6) is -0.298. The Labute approximate surface area is 100 Å². The minimum Gasteiger partial charge on any atom is -0.282 e. The average molecular weight is 248 g/mol. The number of nitrogens with zero attached hydrogens (tertiary/aromatic N) is 2. The van der Waals surface area contributed by atoms with Crippen LogP contribution in [0.2, 0.25) is 0 Å². The van der Waals surface area contributed by atoms with Gasteiger partial charge in [-0.15, -0.1) is 0 Å². The second-order valence-electron chi connectivity index (χ2n) is 3.79. The van der Waals surface area contributed by atoms with Crippen LogP contribution >= 0.6 is 11.3 Å². The highest BCUT2D eigenvalue weighted by Gasteiger charge is 2.09. The van der Waals surface area contributed by atoms with Gasteiger partial charge in [0.25, 0.3) is 5.56 Å². The summed E-state index contributed by atoms with van der Waals surface area (Å²) in [5.41, 5.74) is 0.665. The van der Waals surface area contributed by atoms with Crippen LogP contribution in [0, 0.1) is 5.82 Å². The fraction of sp³-hybridized carbons (Fsp3) is 0.167. The molecule has 0 N–H and O–H groups in total. The fourth-order valence-electron chi connectivity index (χ4n) is 1.82. The Morgan fingerprint density at radius 2 is 2.35 bits per heavy atom. The molecule has 0 radical (unpaired) electrons. The van der Waals surface area contributed by atoms with E-state index in [-0.39, 0.29) is 11.4 Å². The molecule has 17 heavy (non-hydrogen) atoms. The van der Waals surface area contributed by atoms with Gasteiger partial charge in [0.2, 0.25) is 0 Å². The van der Waals surface area contributed by atoms with Crippen LogP contribution in [0.3, 0.4) is 0 Å². The van der Waals surface area contributed by atoms with Crippen molar-refractivity contribution in [3.8, 4) is 0 Å². The van der Waals surface area contributed by atoms with Gasteiger partial charge in [-0.2, -0.15) is 0 Å². The van der Waals surface area contributed by atoms with Gasteiger partial charge in [-0.3, -0.25) is 14.4 Å². The summed E-state index contributed by atoms with van der Waals surface area (Å²) in [6.07, 6.45) is 1.71. The van der Waals surface area contributed by atoms with Crippen molar-refractivity contribution in [2.24, 2.45) is 4.99 Å². The van der Waals surface area contributed by atoms with E-state index in [9.17, 15) is 9.18 Å². The van der Waals surface area contributed by atoms with Gasteiger partial charge in [-0.25, -0.2) is 4.39 Å². The Morgan fingerprint density at radius 3 is 3.12 bits per heavy atom. The van der Waals surface area contributed by atoms with E-state index in [1.165, 1.54) is 23.5 Å². The van der Waals surface area contributed by atoms with Crippen molar-refractivity contribution in [2.75, 3.05) is 6.54 Å². The maximum Gasteiger partial charge on any atom is 0.270 e. The molecule has 0 atom stereocenters. The lowest BCUT2D eigenvalue weighted by Crippen LogP contribution is -2.29. The Bertz CT molecular complexity index is 745. The standard InChI is InChI=1S/C12H9FN2OS/c13-9-3-1-2-8(6-9)7-10-11(16)15-5-4-14-12(15)17-10/h1-3,6-7H,4-5H2. The van der Waals surface area contributed by atoms with Crippen molar-refractivity contribution in [1.29, 1.82) is 0 Å². The Balaban J connectivity index is 2.20. The van der Waals surface area contributed by atoms with Gasteiger partial charge in [0.05, 0.1) is 11.1 Å². The van der Waals surface area contributed by atoms with Crippen LogP contribution in [0.15, 0.2) is 34.1 Å². The second kappa shape index (κ2) is 3.92. The first kappa shape index (κ1) is 10.4. The van der Waals surface area contributed by atoms with Crippen LogP contribution < -0.4 is 14.9 Å². The average Bonchev–Trinajstić information content (AvgIpc) is 2.84. The molecule has 1 aliphatic rings. The highest BCUT2D eigenvalue weighted by Crippen LogP contribution is 2.03. The molecular weight excluding hydrogens is 239 g/mol. The maximum atomic E-state index is 13.0. The minimum absolute atomic E-state index is 0.0319. The van der Waals surface area contributed by atoms with Gasteiger partial charge in [0, 0.05) is 6.54 Å². The second-order valence-corrected chi connectivity index (χ2v) is 4.80. The molecule has 0 aliphatic carbocycles. The van der Waals surface area contributed by atoms with Crippen molar-refractivity contribution < 1.29 is 4.39 Å². The van der Waals surface area contributed by atoms with E-state index in [2.05, 4.69) is 4.99 Å². The van der Waals surface area contributed by atoms with Crippen LogP contribution in [-0.4, -0.2) is 11.1 Å². The lowest BCUT2D eigenvalue weighted by atomic mass is 10.2. The van der Waals surface area contributed by atoms with E-state index in [1.807, 2.05) is 0 Å². The van der Waals surface area contributed by atoms with Crippen LogP contribution in [0.5, 0.6) is 0 Å². The lowest BCUT2D eigenvalue weighted by Gasteiger charge is -1.91. The van der Waals surface area contributed by atoms with Crippen molar-refractivity contribution >= 4 is 17.4 Å². The lowest BCUT2D eigenvalue weighted by molar-refractivity contribution is 0.627. The predicted octanol–water partition coefficient (Wildman–Crippen LogP) is 0.511. The smallest absolute Gasteiger partial charge is 0.270 e. The van der Waals surface area contributed by atoms with Crippen molar-refractivity contribution in [2.45, 2.75) is 6.54 Å². The summed E-state index contributed by atoms with van der Waals surface area (Å²) >= 11 is 1.36. The highest BCUT2D eigenvalue weighted by atomic mass is 32.1. The van der Waals surface area contributed by atoms with Crippen LogP contribution in [0.25, 0.3) is 6.08 Å². The molecule has 1 aromatic heterocycles. The normalized spacial score (nSPS) is 14.8. The number of rotatable bonds is 1. The minimum atomic E-state index is -0.298. The van der Waals surface area contributed by atoms with E-state index in [4.69, 9.17) is 0 Å². The molecular formula is C12H9FN2OS. The molecule has 0 fully saturated rings. The van der Waals surface area contributed by atoms with Crippen molar-refractivity contribution in [1.82, 2.24) is 4.57 Å². The summed E-state index contributed by atoms with van der Waals surface area (Å²) in [7, 11) is 0. The SMILES string of the molecule is O=c1c(=Cc2cccc(F)c2)sc2n1CCN=2. The zero-order valence-electron chi connectivity index (χ0n) is 8.89. The first-order valence-electron chi connectivity index (χ1n) is 5.25. The van der Waals surface area contributed by atoms with E-state index >= 15 is 0 Å². The maximum absolute atomic E-state index is 13.0.